The van der Waals surface area contributed by atoms with Crippen LogP contribution in [0.25, 0.3) is 0 Å². The van der Waals surface area contributed by atoms with Crippen LogP contribution in [0.3, 0.4) is 0 Å². The molecular weight excluding hydrogens is 320 g/mol. The summed E-state index contributed by atoms with van der Waals surface area (Å²) in [5.41, 5.74) is 4.80. The van der Waals surface area contributed by atoms with Gasteiger partial charge in [0.2, 0.25) is 0 Å². The fourth-order valence-electron chi connectivity index (χ4n) is 2.12. The zero-order valence-electron chi connectivity index (χ0n) is 14.5. The molecule has 2 aromatic carbocycles. The zero-order valence-corrected chi connectivity index (χ0v) is 14.5. The van der Waals surface area contributed by atoms with Crippen molar-refractivity contribution in [2.75, 3.05) is 6.61 Å². The molecule has 2 aromatic rings. The van der Waals surface area contributed by atoms with Crippen LogP contribution >= 0.6 is 0 Å². The first-order valence-corrected chi connectivity index (χ1v) is 7.94. The third kappa shape index (κ3) is 5.24. The number of phenolic OH excluding ortho intramolecular Hbond substituents is 2. The number of aromatic hydroxyl groups is 2. The van der Waals surface area contributed by atoms with Crippen LogP contribution in [0.2, 0.25) is 0 Å². The minimum Gasteiger partial charge on any atom is -0.508 e. The Kier molecular flexibility index (Phi) is 6.00. The Morgan fingerprint density at radius 1 is 1.24 bits per heavy atom. The van der Waals surface area contributed by atoms with Gasteiger partial charge in [-0.3, -0.25) is 4.79 Å². The van der Waals surface area contributed by atoms with Gasteiger partial charge in [-0.1, -0.05) is 26.0 Å². The first-order valence-electron chi connectivity index (χ1n) is 7.94. The summed E-state index contributed by atoms with van der Waals surface area (Å²) in [6.07, 6.45) is 1.29. The number of carbonyl (C=O) groups excluding carboxylic acids is 1. The number of benzene rings is 2. The molecular formula is C19H22N2O4. The van der Waals surface area contributed by atoms with Gasteiger partial charge in [0.25, 0.3) is 5.91 Å². The molecule has 1 amide bonds. The lowest BCUT2D eigenvalue weighted by atomic mass is 10.0. The van der Waals surface area contributed by atoms with Gasteiger partial charge in [0.1, 0.15) is 17.2 Å². The lowest BCUT2D eigenvalue weighted by Crippen LogP contribution is -2.24. The molecule has 132 valence electrons. The Balaban J connectivity index is 1.90. The molecule has 0 aliphatic rings. The third-order valence-electron chi connectivity index (χ3n) is 3.64. The van der Waals surface area contributed by atoms with E-state index in [1.54, 1.807) is 0 Å². The van der Waals surface area contributed by atoms with Gasteiger partial charge < -0.3 is 14.9 Å². The van der Waals surface area contributed by atoms with Crippen molar-refractivity contribution < 1.29 is 19.7 Å². The number of hydrogen-bond acceptors (Lipinski definition) is 5. The maximum absolute atomic E-state index is 11.8. The van der Waals surface area contributed by atoms with Gasteiger partial charge in [-0.15, -0.1) is 0 Å². The molecule has 0 saturated heterocycles. The highest BCUT2D eigenvalue weighted by Crippen LogP contribution is 2.24. The summed E-state index contributed by atoms with van der Waals surface area (Å²) in [6, 6.07) is 10.0. The van der Waals surface area contributed by atoms with Gasteiger partial charge >= 0.3 is 0 Å². The average Bonchev–Trinajstić information content (AvgIpc) is 2.56. The number of hydrogen-bond donors (Lipinski definition) is 3. The quantitative estimate of drug-likeness (QED) is 0.556. The fraction of sp³-hybridized carbons (Fsp3) is 0.263. The van der Waals surface area contributed by atoms with Crippen LogP contribution in [0.15, 0.2) is 41.5 Å². The number of rotatable bonds is 6. The predicted molar refractivity (Wildman–Crippen MR) is 96.3 cm³/mol. The summed E-state index contributed by atoms with van der Waals surface area (Å²) in [5.74, 6) is 0.450. The highest BCUT2D eigenvalue weighted by molar-refractivity contribution is 5.85. The zero-order chi connectivity index (χ0) is 18.4. The van der Waals surface area contributed by atoms with Crippen molar-refractivity contribution in [1.29, 1.82) is 0 Å². The molecule has 6 nitrogen and oxygen atoms in total. The van der Waals surface area contributed by atoms with Crippen LogP contribution in [0, 0.1) is 6.92 Å². The molecule has 0 heterocycles. The Morgan fingerprint density at radius 2 is 2.00 bits per heavy atom. The minimum absolute atomic E-state index is 0.0499. The number of ether oxygens (including phenoxy) is 1. The molecule has 0 radical (unpaired) electrons. The summed E-state index contributed by atoms with van der Waals surface area (Å²) >= 11 is 0. The first-order chi connectivity index (χ1) is 11.9. The van der Waals surface area contributed by atoms with Crippen molar-refractivity contribution in [3.8, 4) is 17.2 Å². The Hall–Kier alpha value is -3.02. The van der Waals surface area contributed by atoms with Gasteiger partial charge in [-0.05, 0) is 42.2 Å². The van der Waals surface area contributed by atoms with E-state index in [4.69, 9.17) is 4.74 Å². The maximum Gasteiger partial charge on any atom is 0.277 e. The second kappa shape index (κ2) is 8.19. The van der Waals surface area contributed by atoms with Gasteiger partial charge in [0.15, 0.2) is 6.61 Å². The van der Waals surface area contributed by atoms with Crippen LogP contribution in [0.1, 0.15) is 36.5 Å². The van der Waals surface area contributed by atoms with Gasteiger partial charge in [0, 0.05) is 11.6 Å². The molecule has 0 atom stereocenters. The van der Waals surface area contributed by atoms with E-state index in [1.165, 1.54) is 24.4 Å². The van der Waals surface area contributed by atoms with E-state index in [0.29, 0.717) is 17.2 Å². The number of nitrogens with one attached hydrogen (secondary N) is 1. The molecule has 0 spiro atoms. The molecule has 0 aliphatic heterocycles. The van der Waals surface area contributed by atoms with Crippen LogP contribution < -0.4 is 10.2 Å². The van der Waals surface area contributed by atoms with Crippen LogP contribution in [0.4, 0.5) is 0 Å². The Labute approximate surface area is 146 Å². The number of phenols is 2. The van der Waals surface area contributed by atoms with Crippen LogP contribution in [-0.2, 0) is 4.79 Å². The van der Waals surface area contributed by atoms with Gasteiger partial charge in [-0.25, -0.2) is 5.43 Å². The molecule has 0 fully saturated rings. The van der Waals surface area contributed by atoms with E-state index in [0.717, 1.165) is 11.1 Å². The number of carbonyl (C=O) groups is 1. The van der Waals surface area contributed by atoms with Crippen molar-refractivity contribution in [3.63, 3.8) is 0 Å². The molecule has 6 heteroatoms. The summed E-state index contributed by atoms with van der Waals surface area (Å²) in [7, 11) is 0. The van der Waals surface area contributed by atoms with Crippen molar-refractivity contribution in [1.82, 2.24) is 5.43 Å². The molecule has 3 N–H and O–H groups in total. The van der Waals surface area contributed by atoms with E-state index in [1.807, 2.05) is 25.1 Å². The highest BCUT2D eigenvalue weighted by Gasteiger charge is 2.07. The molecule has 0 aliphatic carbocycles. The topological polar surface area (TPSA) is 91.2 Å². The Bertz CT molecular complexity index is 785. The monoisotopic (exact) mass is 342 g/mol. The smallest absolute Gasteiger partial charge is 0.277 e. The number of hydrazone groups is 1. The van der Waals surface area contributed by atoms with Crippen LogP contribution in [-0.4, -0.2) is 28.9 Å². The van der Waals surface area contributed by atoms with E-state index in [-0.39, 0.29) is 18.1 Å². The summed E-state index contributed by atoms with van der Waals surface area (Å²) in [5, 5.41) is 22.6. The van der Waals surface area contributed by atoms with Crippen molar-refractivity contribution >= 4 is 12.1 Å². The average molecular weight is 342 g/mol. The van der Waals surface area contributed by atoms with Crippen LogP contribution in [0.5, 0.6) is 17.2 Å². The first kappa shape index (κ1) is 18.3. The largest absolute Gasteiger partial charge is 0.508 e. The van der Waals surface area contributed by atoms with E-state index in [9.17, 15) is 15.0 Å². The van der Waals surface area contributed by atoms with E-state index < -0.39 is 5.91 Å². The number of aryl methyl sites for hydroxylation is 1. The highest BCUT2D eigenvalue weighted by atomic mass is 16.5. The second-order valence-corrected chi connectivity index (χ2v) is 6.00. The number of amides is 1. The summed E-state index contributed by atoms with van der Waals surface area (Å²) < 4.78 is 5.56. The minimum atomic E-state index is -0.413. The molecule has 2 rings (SSSR count). The maximum atomic E-state index is 11.8. The lowest BCUT2D eigenvalue weighted by Gasteiger charge is -2.12. The molecule has 25 heavy (non-hydrogen) atoms. The third-order valence-corrected chi connectivity index (χ3v) is 3.64. The van der Waals surface area contributed by atoms with E-state index >= 15 is 0 Å². The van der Waals surface area contributed by atoms with Crippen molar-refractivity contribution in [3.05, 3.63) is 53.1 Å². The SMILES string of the molecule is Cc1ccc(C(C)C)cc1OCC(=O)N/N=C\c1ccc(O)cc1O. The van der Waals surface area contributed by atoms with Crippen molar-refractivity contribution in [2.45, 2.75) is 26.7 Å². The van der Waals surface area contributed by atoms with Crippen molar-refractivity contribution in [2.24, 2.45) is 5.10 Å². The summed E-state index contributed by atoms with van der Waals surface area (Å²) in [6.45, 7) is 5.94. The molecule has 0 unspecified atom stereocenters. The second-order valence-electron chi connectivity index (χ2n) is 6.00. The van der Waals surface area contributed by atoms with Gasteiger partial charge in [0.05, 0.1) is 6.21 Å². The number of nitrogens with zero attached hydrogens (tertiary/aromatic N) is 1. The fourth-order valence-corrected chi connectivity index (χ4v) is 2.12. The predicted octanol–water partition coefficient (Wildman–Crippen LogP) is 3.06. The standard InChI is InChI=1S/C19H22N2O4/c1-12(2)14-5-4-13(3)18(8-14)25-11-19(24)21-20-10-15-6-7-16(22)9-17(15)23/h4-10,12,22-23H,11H2,1-3H3,(H,21,24)/b20-10-. The summed E-state index contributed by atoms with van der Waals surface area (Å²) in [4.78, 5) is 11.8. The molecule has 0 bridgehead atoms. The Morgan fingerprint density at radius 3 is 2.68 bits per heavy atom. The van der Waals surface area contributed by atoms with E-state index in [2.05, 4.69) is 24.4 Å². The lowest BCUT2D eigenvalue weighted by molar-refractivity contribution is -0.123. The van der Waals surface area contributed by atoms with Gasteiger partial charge in [-0.2, -0.15) is 5.10 Å². The molecule has 0 saturated carbocycles. The normalized spacial score (nSPS) is 11.0. The molecule has 0 aromatic heterocycles.